The predicted octanol–water partition coefficient (Wildman–Crippen LogP) is 1.52. The van der Waals surface area contributed by atoms with E-state index in [1.54, 1.807) is 18.1 Å². The van der Waals surface area contributed by atoms with Crippen LogP contribution in [0.4, 0.5) is 5.82 Å². The SMILES string of the molecule is Cn1cnc(CNc2nc(Cl)ncc2Cl)n1. The minimum atomic E-state index is 0.140. The Morgan fingerprint density at radius 3 is 2.88 bits per heavy atom. The van der Waals surface area contributed by atoms with Crippen LogP contribution in [0, 0.1) is 0 Å². The molecule has 2 aromatic rings. The summed E-state index contributed by atoms with van der Waals surface area (Å²) in [6, 6.07) is 0. The van der Waals surface area contributed by atoms with Gasteiger partial charge in [-0.05, 0) is 11.6 Å². The van der Waals surface area contributed by atoms with E-state index >= 15 is 0 Å². The van der Waals surface area contributed by atoms with Gasteiger partial charge in [0.1, 0.15) is 17.2 Å². The van der Waals surface area contributed by atoms with Crippen LogP contribution in [0.25, 0.3) is 0 Å². The Hall–Kier alpha value is -1.40. The molecule has 0 amide bonds. The number of hydrogen-bond donors (Lipinski definition) is 1. The second-order valence-electron chi connectivity index (χ2n) is 3.02. The third kappa shape index (κ3) is 2.59. The Bertz CT molecular complexity index is 497. The van der Waals surface area contributed by atoms with Crippen molar-refractivity contribution in [2.24, 2.45) is 7.05 Å². The normalized spacial score (nSPS) is 10.4. The van der Waals surface area contributed by atoms with E-state index in [1.165, 1.54) is 6.20 Å². The van der Waals surface area contributed by atoms with Crippen molar-refractivity contribution >= 4 is 29.0 Å². The topological polar surface area (TPSA) is 68.5 Å². The number of rotatable bonds is 3. The van der Waals surface area contributed by atoms with Gasteiger partial charge in [-0.2, -0.15) is 10.1 Å². The molecule has 2 rings (SSSR count). The van der Waals surface area contributed by atoms with E-state index in [0.29, 0.717) is 23.2 Å². The van der Waals surface area contributed by atoms with Gasteiger partial charge < -0.3 is 5.32 Å². The second kappa shape index (κ2) is 4.63. The van der Waals surface area contributed by atoms with Crippen LogP contribution in [0.15, 0.2) is 12.5 Å². The standard InChI is InChI=1S/C8H8Cl2N6/c1-16-4-13-6(15-16)3-11-7-5(9)2-12-8(10)14-7/h2,4H,3H2,1H3,(H,11,12,14). The van der Waals surface area contributed by atoms with Crippen LogP contribution in [-0.2, 0) is 13.6 Å². The van der Waals surface area contributed by atoms with Gasteiger partial charge in [-0.1, -0.05) is 11.6 Å². The van der Waals surface area contributed by atoms with Crippen molar-refractivity contribution in [1.82, 2.24) is 24.7 Å². The first-order chi connectivity index (χ1) is 7.65. The van der Waals surface area contributed by atoms with Crippen LogP contribution in [0.2, 0.25) is 10.3 Å². The van der Waals surface area contributed by atoms with Gasteiger partial charge in [-0.25, -0.2) is 9.97 Å². The Labute approximate surface area is 102 Å². The molecular formula is C8H8Cl2N6. The minimum Gasteiger partial charge on any atom is -0.361 e. The fourth-order valence-electron chi connectivity index (χ4n) is 1.10. The molecule has 2 heterocycles. The van der Waals surface area contributed by atoms with Gasteiger partial charge in [0.25, 0.3) is 0 Å². The highest BCUT2D eigenvalue weighted by molar-refractivity contribution is 6.33. The Morgan fingerprint density at radius 2 is 2.19 bits per heavy atom. The predicted molar refractivity (Wildman–Crippen MR) is 60.4 cm³/mol. The summed E-state index contributed by atoms with van der Waals surface area (Å²) in [7, 11) is 1.80. The van der Waals surface area contributed by atoms with E-state index in [9.17, 15) is 0 Å². The minimum absolute atomic E-state index is 0.140. The first kappa shape index (κ1) is 11.1. The summed E-state index contributed by atoms with van der Waals surface area (Å²) >= 11 is 11.5. The average Bonchev–Trinajstić information content (AvgIpc) is 2.66. The van der Waals surface area contributed by atoms with E-state index in [4.69, 9.17) is 23.2 Å². The van der Waals surface area contributed by atoms with E-state index in [-0.39, 0.29) is 5.28 Å². The third-order valence-electron chi connectivity index (χ3n) is 1.78. The number of halogens is 2. The van der Waals surface area contributed by atoms with Crippen molar-refractivity contribution in [3.63, 3.8) is 0 Å². The summed E-state index contributed by atoms with van der Waals surface area (Å²) < 4.78 is 1.62. The second-order valence-corrected chi connectivity index (χ2v) is 3.77. The molecule has 0 bridgehead atoms. The van der Waals surface area contributed by atoms with Crippen LogP contribution in [0.3, 0.4) is 0 Å². The fraction of sp³-hybridized carbons (Fsp3) is 0.250. The van der Waals surface area contributed by atoms with Crippen molar-refractivity contribution in [1.29, 1.82) is 0 Å². The molecular weight excluding hydrogens is 251 g/mol. The molecule has 2 aromatic heterocycles. The third-order valence-corrected chi connectivity index (χ3v) is 2.23. The molecule has 0 aliphatic heterocycles. The first-order valence-electron chi connectivity index (χ1n) is 4.41. The van der Waals surface area contributed by atoms with Gasteiger partial charge in [0.2, 0.25) is 5.28 Å². The lowest BCUT2D eigenvalue weighted by molar-refractivity contribution is 0.747. The maximum absolute atomic E-state index is 5.88. The van der Waals surface area contributed by atoms with Gasteiger partial charge in [0, 0.05) is 7.05 Å². The number of nitrogens with one attached hydrogen (secondary N) is 1. The van der Waals surface area contributed by atoms with Crippen LogP contribution < -0.4 is 5.32 Å². The zero-order valence-corrected chi connectivity index (χ0v) is 9.87. The Morgan fingerprint density at radius 1 is 1.38 bits per heavy atom. The van der Waals surface area contributed by atoms with E-state index in [0.717, 1.165) is 0 Å². The molecule has 6 nitrogen and oxygen atoms in total. The molecule has 1 N–H and O–H groups in total. The average molecular weight is 259 g/mol. The monoisotopic (exact) mass is 258 g/mol. The smallest absolute Gasteiger partial charge is 0.224 e. The molecule has 84 valence electrons. The highest BCUT2D eigenvalue weighted by atomic mass is 35.5. The molecule has 0 aliphatic rings. The van der Waals surface area contributed by atoms with Gasteiger partial charge in [-0.3, -0.25) is 4.68 Å². The quantitative estimate of drug-likeness (QED) is 0.846. The summed E-state index contributed by atoms with van der Waals surface area (Å²) in [6.07, 6.45) is 3.05. The number of anilines is 1. The number of aromatic nitrogens is 5. The molecule has 0 unspecified atom stereocenters. The summed E-state index contributed by atoms with van der Waals surface area (Å²) in [5.74, 6) is 1.11. The van der Waals surface area contributed by atoms with E-state index < -0.39 is 0 Å². The molecule has 0 fully saturated rings. The number of nitrogens with zero attached hydrogens (tertiary/aromatic N) is 5. The molecule has 0 saturated heterocycles. The van der Waals surface area contributed by atoms with Crippen molar-refractivity contribution in [3.05, 3.63) is 28.7 Å². The molecule has 0 radical (unpaired) electrons. The molecule has 0 spiro atoms. The molecule has 16 heavy (non-hydrogen) atoms. The molecule has 0 atom stereocenters. The maximum Gasteiger partial charge on any atom is 0.224 e. The van der Waals surface area contributed by atoms with Gasteiger partial charge >= 0.3 is 0 Å². The zero-order valence-electron chi connectivity index (χ0n) is 8.35. The molecule has 0 aromatic carbocycles. The first-order valence-corrected chi connectivity index (χ1v) is 5.17. The highest BCUT2D eigenvalue weighted by Gasteiger charge is 2.05. The van der Waals surface area contributed by atoms with Crippen LogP contribution >= 0.6 is 23.2 Å². The van der Waals surface area contributed by atoms with Crippen LogP contribution in [0.1, 0.15) is 5.82 Å². The Kier molecular flexibility index (Phi) is 3.21. The molecule has 0 saturated carbocycles. The lowest BCUT2D eigenvalue weighted by atomic mass is 10.5. The number of aryl methyl sites for hydroxylation is 1. The van der Waals surface area contributed by atoms with Gasteiger partial charge in [0.05, 0.1) is 12.7 Å². The van der Waals surface area contributed by atoms with Crippen molar-refractivity contribution < 1.29 is 0 Å². The van der Waals surface area contributed by atoms with E-state index in [1.807, 2.05) is 0 Å². The maximum atomic E-state index is 5.88. The number of hydrogen-bond acceptors (Lipinski definition) is 5. The summed E-state index contributed by atoms with van der Waals surface area (Å²) in [5.41, 5.74) is 0. The lowest BCUT2D eigenvalue weighted by Gasteiger charge is -2.04. The van der Waals surface area contributed by atoms with Gasteiger partial charge in [0.15, 0.2) is 5.82 Å². The van der Waals surface area contributed by atoms with Crippen LogP contribution in [0.5, 0.6) is 0 Å². The molecule has 8 heteroatoms. The lowest BCUT2D eigenvalue weighted by Crippen LogP contribution is -2.05. The van der Waals surface area contributed by atoms with Gasteiger partial charge in [-0.15, -0.1) is 0 Å². The van der Waals surface area contributed by atoms with Crippen molar-refractivity contribution in [2.45, 2.75) is 6.54 Å². The van der Waals surface area contributed by atoms with E-state index in [2.05, 4.69) is 25.4 Å². The Balaban J connectivity index is 2.07. The fourth-order valence-corrected chi connectivity index (χ4v) is 1.39. The summed E-state index contributed by atoms with van der Waals surface area (Å²) in [6.45, 7) is 0.425. The largest absolute Gasteiger partial charge is 0.361 e. The highest BCUT2D eigenvalue weighted by Crippen LogP contribution is 2.19. The summed E-state index contributed by atoms with van der Waals surface area (Å²) in [5, 5.41) is 7.62. The van der Waals surface area contributed by atoms with Crippen LogP contribution in [-0.4, -0.2) is 24.7 Å². The molecule has 0 aliphatic carbocycles. The zero-order chi connectivity index (χ0) is 11.5. The summed E-state index contributed by atoms with van der Waals surface area (Å²) in [4.78, 5) is 11.7. The van der Waals surface area contributed by atoms with Crippen molar-refractivity contribution in [3.8, 4) is 0 Å². The van der Waals surface area contributed by atoms with Crippen molar-refractivity contribution in [2.75, 3.05) is 5.32 Å².